The van der Waals surface area contributed by atoms with Crippen molar-refractivity contribution in [3.8, 4) is 17.1 Å². The molecule has 0 atom stereocenters. The minimum Gasteiger partial charge on any atom is -0.496 e. The van der Waals surface area contributed by atoms with Crippen LogP contribution < -0.4 is 4.74 Å². The van der Waals surface area contributed by atoms with E-state index in [4.69, 9.17) is 4.74 Å². The molecule has 1 fully saturated rings. The summed E-state index contributed by atoms with van der Waals surface area (Å²) < 4.78 is 7.38. The molecular formula is C20H19N3O3. The molecule has 132 valence electrons. The number of carbonyl (C=O) groups is 1. The lowest BCUT2D eigenvalue weighted by Gasteiger charge is -2.16. The molecule has 0 saturated heterocycles. The lowest BCUT2D eigenvalue weighted by atomic mass is 9.95. The van der Waals surface area contributed by atoms with Crippen molar-refractivity contribution in [3.05, 3.63) is 65.5 Å². The Morgan fingerprint density at radius 2 is 1.88 bits per heavy atom. The third-order valence-corrected chi connectivity index (χ3v) is 5.07. The Balaban J connectivity index is 1.79. The summed E-state index contributed by atoms with van der Waals surface area (Å²) in [5, 5.41) is 18.0. The van der Waals surface area contributed by atoms with Crippen LogP contribution in [0.15, 0.2) is 48.5 Å². The first-order valence-corrected chi connectivity index (χ1v) is 8.44. The fourth-order valence-electron chi connectivity index (χ4n) is 3.51. The topological polar surface area (TPSA) is 77.2 Å². The summed E-state index contributed by atoms with van der Waals surface area (Å²) >= 11 is 0. The van der Waals surface area contributed by atoms with Gasteiger partial charge in [-0.3, -0.25) is 0 Å². The molecule has 0 spiro atoms. The normalized spacial score (nSPS) is 14.8. The average molecular weight is 349 g/mol. The smallest absolute Gasteiger partial charge is 0.335 e. The van der Waals surface area contributed by atoms with E-state index in [0.29, 0.717) is 11.6 Å². The molecule has 1 N–H and O–H groups in total. The van der Waals surface area contributed by atoms with Gasteiger partial charge in [0.2, 0.25) is 0 Å². The predicted octanol–water partition coefficient (Wildman–Crippen LogP) is 3.27. The van der Waals surface area contributed by atoms with Crippen LogP contribution >= 0.6 is 0 Å². The van der Waals surface area contributed by atoms with Crippen molar-refractivity contribution in [3.63, 3.8) is 0 Å². The Kier molecular flexibility index (Phi) is 3.76. The Morgan fingerprint density at radius 1 is 1.15 bits per heavy atom. The summed E-state index contributed by atoms with van der Waals surface area (Å²) in [6.07, 6.45) is 2.08. The second-order valence-electron chi connectivity index (χ2n) is 6.57. The van der Waals surface area contributed by atoms with Crippen LogP contribution in [-0.4, -0.2) is 33.0 Å². The van der Waals surface area contributed by atoms with E-state index in [2.05, 4.69) is 22.3 Å². The number of hydrogen-bond donors (Lipinski definition) is 1. The molecule has 3 aromatic rings. The van der Waals surface area contributed by atoms with Gasteiger partial charge in [0.1, 0.15) is 11.6 Å². The molecule has 1 aliphatic carbocycles. The van der Waals surface area contributed by atoms with E-state index in [-0.39, 0.29) is 11.0 Å². The van der Waals surface area contributed by atoms with Crippen LogP contribution in [0.2, 0.25) is 0 Å². The van der Waals surface area contributed by atoms with Gasteiger partial charge in [-0.2, -0.15) is 0 Å². The highest BCUT2D eigenvalue weighted by Gasteiger charge is 2.49. The second-order valence-corrected chi connectivity index (χ2v) is 6.57. The van der Waals surface area contributed by atoms with E-state index in [1.54, 1.807) is 12.1 Å². The number of methoxy groups -OCH3 is 1. The monoisotopic (exact) mass is 349 g/mol. The summed E-state index contributed by atoms with van der Waals surface area (Å²) in [6, 6.07) is 15.1. The van der Waals surface area contributed by atoms with Gasteiger partial charge in [-0.1, -0.05) is 30.3 Å². The first-order valence-electron chi connectivity index (χ1n) is 8.44. The number of rotatable bonds is 5. The number of nitrogens with zero attached hydrogens (tertiary/aromatic N) is 3. The van der Waals surface area contributed by atoms with Crippen molar-refractivity contribution in [2.45, 2.75) is 18.3 Å². The molecule has 1 aliphatic rings. The second kappa shape index (κ2) is 5.98. The van der Waals surface area contributed by atoms with Gasteiger partial charge < -0.3 is 14.4 Å². The largest absolute Gasteiger partial charge is 0.496 e. The van der Waals surface area contributed by atoms with Crippen molar-refractivity contribution in [2.24, 2.45) is 7.05 Å². The van der Waals surface area contributed by atoms with Crippen molar-refractivity contribution < 1.29 is 14.6 Å². The van der Waals surface area contributed by atoms with Crippen LogP contribution in [0, 0.1) is 0 Å². The van der Waals surface area contributed by atoms with Crippen LogP contribution in [-0.2, 0) is 12.5 Å². The van der Waals surface area contributed by atoms with Gasteiger partial charge in [-0.15, -0.1) is 10.2 Å². The maximum absolute atomic E-state index is 11.2. The van der Waals surface area contributed by atoms with E-state index in [1.807, 2.05) is 29.8 Å². The number of ether oxygens (including phenoxy) is 1. The first-order chi connectivity index (χ1) is 12.6. The predicted molar refractivity (Wildman–Crippen MR) is 96.4 cm³/mol. The Hall–Kier alpha value is -3.15. The van der Waals surface area contributed by atoms with Gasteiger partial charge in [0, 0.05) is 7.05 Å². The highest BCUT2D eigenvalue weighted by atomic mass is 16.5. The average Bonchev–Trinajstić information content (AvgIpc) is 3.38. The standard InChI is InChI=1S/C20H19N3O3/c1-23-17(15-9-8-13(18(24)25)12-16(15)26-2)21-22-19(23)20(10-11-20)14-6-4-3-5-7-14/h3-9,12H,10-11H2,1-2H3,(H,24,25). The summed E-state index contributed by atoms with van der Waals surface area (Å²) in [4.78, 5) is 11.2. The minimum absolute atomic E-state index is 0.0878. The molecule has 0 radical (unpaired) electrons. The molecule has 0 bridgehead atoms. The zero-order valence-corrected chi connectivity index (χ0v) is 14.6. The van der Waals surface area contributed by atoms with Crippen LogP contribution in [0.1, 0.15) is 34.6 Å². The van der Waals surface area contributed by atoms with Gasteiger partial charge in [0.15, 0.2) is 5.82 Å². The SMILES string of the molecule is COc1cc(C(=O)O)ccc1-c1nnc(C2(c3ccccc3)CC2)n1C. The molecule has 1 saturated carbocycles. The lowest BCUT2D eigenvalue weighted by molar-refractivity contribution is 0.0696. The van der Waals surface area contributed by atoms with Gasteiger partial charge >= 0.3 is 5.97 Å². The molecule has 26 heavy (non-hydrogen) atoms. The molecule has 6 heteroatoms. The Bertz CT molecular complexity index is 975. The van der Waals surface area contributed by atoms with E-state index in [1.165, 1.54) is 18.7 Å². The van der Waals surface area contributed by atoms with Gasteiger partial charge in [-0.25, -0.2) is 4.79 Å². The zero-order chi connectivity index (χ0) is 18.3. The third-order valence-electron chi connectivity index (χ3n) is 5.07. The van der Waals surface area contributed by atoms with E-state index in [0.717, 1.165) is 24.2 Å². The summed E-state index contributed by atoms with van der Waals surface area (Å²) in [5.41, 5.74) is 2.06. The maximum Gasteiger partial charge on any atom is 0.335 e. The molecule has 0 amide bonds. The first kappa shape index (κ1) is 16.3. The number of benzene rings is 2. The summed E-state index contributed by atoms with van der Waals surface area (Å²) in [5.74, 6) is 1.06. The van der Waals surface area contributed by atoms with Crippen molar-refractivity contribution in [2.75, 3.05) is 7.11 Å². The zero-order valence-electron chi connectivity index (χ0n) is 14.6. The summed E-state index contributed by atoms with van der Waals surface area (Å²) in [6.45, 7) is 0. The number of hydrogen-bond acceptors (Lipinski definition) is 4. The van der Waals surface area contributed by atoms with Gasteiger partial charge in [-0.05, 0) is 36.6 Å². The van der Waals surface area contributed by atoms with Crippen LogP contribution in [0.4, 0.5) is 0 Å². The molecule has 1 heterocycles. The maximum atomic E-state index is 11.2. The number of aromatic carboxylic acids is 1. The van der Waals surface area contributed by atoms with Crippen LogP contribution in [0.3, 0.4) is 0 Å². The molecule has 1 aromatic heterocycles. The molecule has 0 aliphatic heterocycles. The van der Waals surface area contributed by atoms with E-state index < -0.39 is 5.97 Å². The lowest BCUT2D eigenvalue weighted by Crippen LogP contribution is -2.15. The third kappa shape index (κ3) is 2.45. The highest BCUT2D eigenvalue weighted by molar-refractivity contribution is 5.89. The van der Waals surface area contributed by atoms with Crippen LogP contribution in [0.5, 0.6) is 5.75 Å². The molecule has 6 nitrogen and oxygen atoms in total. The fourth-order valence-corrected chi connectivity index (χ4v) is 3.51. The van der Waals surface area contributed by atoms with E-state index >= 15 is 0 Å². The molecular weight excluding hydrogens is 330 g/mol. The quantitative estimate of drug-likeness (QED) is 0.765. The number of carboxylic acids is 1. The number of carboxylic acid groups (broad SMARTS) is 1. The van der Waals surface area contributed by atoms with Crippen molar-refractivity contribution >= 4 is 5.97 Å². The van der Waals surface area contributed by atoms with Crippen molar-refractivity contribution in [1.82, 2.24) is 14.8 Å². The van der Waals surface area contributed by atoms with Crippen LogP contribution in [0.25, 0.3) is 11.4 Å². The number of aromatic nitrogens is 3. The fraction of sp³-hybridized carbons (Fsp3) is 0.250. The highest BCUT2D eigenvalue weighted by Crippen LogP contribution is 2.53. The van der Waals surface area contributed by atoms with Gasteiger partial charge in [0.05, 0.1) is 23.7 Å². The van der Waals surface area contributed by atoms with E-state index in [9.17, 15) is 9.90 Å². The molecule has 2 aromatic carbocycles. The van der Waals surface area contributed by atoms with Crippen molar-refractivity contribution in [1.29, 1.82) is 0 Å². The Morgan fingerprint density at radius 3 is 2.50 bits per heavy atom. The minimum atomic E-state index is -0.991. The Labute approximate surface area is 151 Å². The summed E-state index contributed by atoms with van der Waals surface area (Å²) in [7, 11) is 3.46. The molecule has 0 unspecified atom stereocenters. The molecule has 4 rings (SSSR count). The van der Waals surface area contributed by atoms with Gasteiger partial charge in [0.25, 0.3) is 0 Å².